The highest BCUT2D eigenvalue weighted by atomic mass is 32.2. The highest BCUT2D eigenvalue weighted by molar-refractivity contribution is 7.91. The molecule has 0 aromatic heterocycles. The molecule has 90 valence electrons. The second-order valence-electron chi connectivity index (χ2n) is 4.61. The molecule has 1 amide bonds. The number of carboxylic acids is 1. The number of carbonyl (C=O) groups excluding carboxylic acids is 1. The predicted octanol–water partition coefficient (Wildman–Crippen LogP) is -1.04. The summed E-state index contributed by atoms with van der Waals surface area (Å²) >= 11 is 0. The molecule has 0 unspecified atom stereocenters. The molecular formula is C9H13NO5S. The molecule has 0 spiro atoms. The fourth-order valence-electron chi connectivity index (χ4n) is 2.65. The molecule has 16 heavy (non-hydrogen) atoms. The normalized spacial score (nSPS) is 36.1. The molecule has 2 saturated heterocycles. The Labute approximate surface area is 93.1 Å². The van der Waals surface area contributed by atoms with E-state index in [9.17, 15) is 23.1 Å². The standard InChI is InChI=1S/C9H13NO5S/c1-6(11)10-2-7-3-16(14,15)5-9(7,4-10)8(12)13/h7H,2-5H2,1H3,(H,12,13)/t7-,9-/m0/s1. The lowest BCUT2D eigenvalue weighted by Crippen LogP contribution is -2.40. The van der Waals surface area contributed by atoms with Crippen LogP contribution in [0, 0.1) is 11.3 Å². The van der Waals surface area contributed by atoms with Gasteiger partial charge in [-0.3, -0.25) is 9.59 Å². The molecule has 0 aromatic carbocycles. The van der Waals surface area contributed by atoms with Crippen LogP contribution in [0.3, 0.4) is 0 Å². The minimum Gasteiger partial charge on any atom is -0.481 e. The summed E-state index contributed by atoms with van der Waals surface area (Å²) < 4.78 is 22.9. The van der Waals surface area contributed by atoms with Gasteiger partial charge >= 0.3 is 5.97 Å². The number of aliphatic carboxylic acids is 1. The smallest absolute Gasteiger partial charge is 0.312 e. The van der Waals surface area contributed by atoms with Crippen molar-refractivity contribution >= 4 is 21.7 Å². The van der Waals surface area contributed by atoms with E-state index in [1.54, 1.807) is 0 Å². The molecule has 0 aliphatic carbocycles. The van der Waals surface area contributed by atoms with Gasteiger partial charge in [0.2, 0.25) is 5.91 Å². The van der Waals surface area contributed by atoms with Gasteiger partial charge in [-0.1, -0.05) is 0 Å². The molecular weight excluding hydrogens is 234 g/mol. The maximum Gasteiger partial charge on any atom is 0.312 e. The fourth-order valence-corrected chi connectivity index (χ4v) is 5.04. The summed E-state index contributed by atoms with van der Waals surface area (Å²) in [5.41, 5.74) is -1.27. The Morgan fingerprint density at radius 3 is 2.50 bits per heavy atom. The average Bonchev–Trinajstić information content (AvgIpc) is 2.53. The van der Waals surface area contributed by atoms with Crippen LogP contribution in [0.15, 0.2) is 0 Å². The van der Waals surface area contributed by atoms with Crippen molar-refractivity contribution < 1.29 is 23.1 Å². The van der Waals surface area contributed by atoms with Crippen molar-refractivity contribution in [3.63, 3.8) is 0 Å². The second kappa shape index (κ2) is 3.19. The van der Waals surface area contributed by atoms with E-state index < -0.39 is 27.1 Å². The van der Waals surface area contributed by atoms with E-state index in [-0.39, 0.29) is 30.5 Å². The maximum absolute atomic E-state index is 11.5. The van der Waals surface area contributed by atoms with Gasteiger partial charge in [0, 0.05) is 25.9 Å². The lowest BCUT2D eigenvalue weighted by Gasteiger charge is -2.21. The molecule has 0 radical (unpaired) electrons. The zero-order valence-electron chi connectivity index (χ0n) is 8.84. The van der Waals surface area contributed by atoms with Crippen molar-refractivity contribution in [1.82, 2.24) is 4.90 Å². The van der Waals surface area contributed by atoms with Crippen LogP contribution in [-0.2, 0) is 19.4 Å². The van der Waals surface area contributed by atoms with Crippen LogP contribution in [0.4, 0.5) is 0 Å². The Bertz CT molecular complexity index is 457. The number of sulfone groups is 1. The molecule has 2 atom stereocenters. The Morgan fingerprint density at radius 1 is 1.44 bits per heavy atom. The summed E-state index contributed by atoms with van der Waals surface area (Å²) in [6.07, 6.45) is 0. The lowest BCUT2D eigenvalue weighted by atomic mass is 9.81. The van der Waals surface area contributed by atoms with Gasteiger partial charge in [-0.05, 0) is 0 Å². The highest BCUT2D eigenvalue weighted by Crippen LogP contribution is 2.44. The van der Waals surface area contributed by atoms with Crippen molar-refractivity contribution in [2.24, 2.45) is 11.3 Å². The number of nitrogens with zero attached hydrogens (tertiary/aromatic N) is 1. The maximum atomic E-state index is 11.5. The van der Waals surface area contributed by atoms with Crippen molar-refractivity contribution in [1.29, 1.82) is 0 Å². The fraction of sp³-hybridized carbons (Fsp3) is 0.778. The first-order valence-electron chi connectivity index (χ1n) is 4.96. The molecule has 0 bridgehead atoms. The average molecular weight is 247 g/mol. The van der Waals surface area contributed by atoms with E-state index in [0.29, 0.717) is 0 Å². The van der Waals surface area contributed by atoms with Crippen LogP contribution < -0.4 is 0 Å². The Kier molecular flexibility index (Phi) is 2.27. The van der Waals surface area contributed by atoms with E-state index in [2.05, 4.69) is 0 Å². The summed E-state index contributed by atoms with van der Waals surface area (Å²) in [4.78, 5) is 23.9. The van der Waals surface area contributed by atoms with Gasteiger partial charge in [0.05, 0.1) is 11.5 Å². The lowest BCUT2D eigenvalue weighted by molar-refractivity contribution is -0.148. The number of rotatable bonds is 1. The third-order valence-electron chi connectivity index (χ3n) is 3.50. The number of likely N-dealkylation sites (tertiary alicyclic amines) is 1. The largest absolute Gasteiger partial charge is 0.481 e. The zero-order valence-corrected chi connectivity index (χ0v) is 9.66. The molecule has 2 aliphatic rings. The predicted molar refractivity (Wildman–Crippen MR) is 54.5 cm³/mol. The molecule has 7 heteroatoms. The monoisotopic (exact) mass is 247 g/mol. The minimum absolute atomic E-state index is 0.0154. The number of fused-ring (bicyclic) bond motifs is 1. The van der Waals surface area contributed by atoms with Crippen LogP contribution in [0.5, 0.6) is 0 Å². The molecule has 2 rings (SSSR count). The van der Waals surface area contributed by atoms with Crippen LogP contribution in [0.2, 0.25) is 0 Å². The number of carbonyl (C=O) groups is 2. The Morgan fingerprint density at radius 2 is 2.06 bits per heavy atom. The van der Waals surface area contributed by atoms with Crippen molar-refractivity contribution in [3.05, 3.63) is 0 Å². The minimum atomic E-state index is -3.28. The number of amides is 1. The van der Waals surface area contributed by atoms with Crippen LogP contribution in [-0.4, -0.2) is 54.9 Å². The Balaban J connectivity index is 2.36. The second-order valence-corrected chi connectivity index (χ2v) is 6.72. The number of hydrogen-bond acceptors (Lipinski definition) is 4. The zero-order chi connectivity index (χ0) is 12.1. The van der Waals surface area contributed by atoms with E-state index in [1.165, 1.54) is 11.8 Å². The number of carboxylic acid groups (broad SMARTS) is 1. The first-order chi connectivity index (χ1) is 7.27. The van der Waals surface area contributed by atoms with Gasteiger partial charge in [-0.2, -0.15) is 0 Å². The van der Waals surface area contributed by atoms with Gasteiger partial charge < -0.3 is 10.0 Å². The third-order valence-corrected chi connectivity index (χ3v) is 5.36. The summed E-state index contributed by atoms with van der Waals surface area (Å²) in [5.74, 6) is -2.24. The van der Waals surface area contributed by atoms with Gasteiger partial charge in [0.25, 0.3) is 0 Å². The molecule has 1 N–H and O–H groups in total. The van der Waals surface area contributed by atoms with Crippen molar-refractivity contribution in [2.75, 3.05) is 24.6 Å². The molecule has 0 aromatic rings. The molecule has 2 aliphatic heterocycles. The van der Waals surface area contributed by atoms with Crippen LogP contribution in [0.25, 0.3) is 0 Å². The molecule has 2 heterocycles. The van der Waals surface area contributed by atoms with Crippen LogP contribution >= 0.6 is 0 Å². The molecule has 6 nitrogen and oxygen atoms in total. The van der Waals surface area contributed by atoms with Gasteiger partial charge in [-0.15, -0.1) is 0 Å². The highest BCUT2D eigenvalue weighted by Gasteiger charge is 2.60. The summed E-state index contributed by atoms with van der Waals surface area (Å²) in [5, 5.41) is 9.20. The van der Waals surface area contributed by atoms with E-state index in [4.69, 9.17) is 0 Å². The molecule has 0 saturated carbocycles. The first-order valence-corrected chi connectivity index (χ1v) is 6.78. The van der Waals surface area contributed by atoms with Crippen LogP contribution in [0.1, 0.15) is 6.92 Å². The summed E-state index contributed by atoms with van der Waals surface area (Å²) in [6, 6.07) is 0. The van der Waals surface area contributed by atoms with E-state index >= 15 is 0 Å². The Hall–Kier alpha value is -1.11. The summed E-state index contributed by atoms with van der Waals surface area (Å²) in [7, 11) is -3.28. The summed E-state index contributed by atoms with van der Waals surface area (Å²) in [6.45, 7) is 1.62. The quantitative estimate of drug-likeness (QED) is 0.639. The molecule has 2 fully saturated rings. The van der Waals surface area contributed by atoms with Gasteiger partial charge in [-0.25, -0.2) is 8.42 Å². The van der Waals surface area contributed by atoms with E-state index in [0.717, 1.165) is 0 Å². The van der Waals surface area contributed by atoms with Gasteiger partial charge in [0.1, 0.15) is 5.41 Å². The van der Waals surface area contributed by atoms with E-state index in [1.807, 2.05) is 0 Å². The topological polar surface area (TPSA) is 91.8 Å². The SMILES string of the molecule is CC(=O)N1C[C@H]2CS(=O)(=O)C[C@@]2(C(=O)O)C1. The first kappa shape index (κ1) is 11.4. The number of hydrogen-bond donors (Lipinski definition) is 1. The third kappa shape index (κ3) is 1.50. The van der Waals surface area contributed by atoms with Crippen molar-refractivity contribution in [3.8, 4) is 0 Å². The van der Waals surface area contributed by atoms with Gasteiger partial charge in [0.15, 0.2) is 9.84 Å². The van der Waals surface area contributed by atoms with Crippen molar-refractivity contribution in [2.45, 2.75) is 6.92 Å².